The van der Waals surface area contributed by atoms with Crippen molar-refractivity contribution in [3.63, 3.8) is 0 Å². The van der Waals surface area contributed by atoms with Crippen LogP contribution in [-0.4, -0.2) is 0 Å². The fourth-order valence-electron chi connectivity index (χ4n) is 2.21. The van der Waals surface area contributed by atoms with E-state index < -0.39 is 0 Å². The van der Waals surface area contributed by atoms with Crippen LogP contribution in [0.5, 0.6) is 0 Å². The summed E-state index contributed by atoms with van der Waals surface area (Å²) in [6, 6.07) is 2.41. The van der Waals surface area contributed by atoms with Crippen molar-refractivity contribution in [2.45, 2.75) is 30.5 Å². The Morgan fingerprint density at radius 1 is 1.29 bits per heavy atom. The number of halogens is 3. The third-order valence-corrected chi connectivity index (χ3v) is 3.60. The molecule has 1 unspecified atom stereocenters. The van der Waals surface area contributed by atoms with Crippen molar-refractivity contribution in [2.24, 2.45) is 0 Å². The molecule has 0 heterocycles. The van der Waals surface area contributed by atoms with Gasteiger partial charge in [-0.15, -0.1) is 0 Å². The summed E-state index contributed by atoms with van der Waals surface area (Å²) in [5, 5.41) is 0. The van der Waals surface area contributed by atoms with E-state index in [4.69, 9.17) is 0 Å². The van der Waals surface area contributed by atoms with Gasteiger partial charge in [-0.2, -0.15) is 0 Å². The molecule has 0 bridgehead atoms. The second kappa shape index (κ2) is 3.02. The Kier molecular flexibility index (Phi) is 2.18. The molecule has 0 spiro atoms. The predicted octanol–water partition coefficient (Wildman–Crippen LogP) is 4.08. The topological polar surface area (TPSA) is 0 Å². The molecule has 1 atom stereocenters. The molecule has 76 valence electrons. The Morgan fingerprint density at radius 2 is 1.86 bits per heavy atom. The van der Waals surface area contributed by atoms with Crippen LogP contribution in [0.2, 0.25) is 0 Å². The van der Waals surface area contributed by atoms with Crippen molar-refractivity contribution < 1.29 is 8.78 Å². The lowest BCUT2D eigenvalue weighted by Crippen LogP contribution is -2.14. The minimum absolute atomic E-state index is 0.0665. The van der Waals surface area contributed by atoms with Crippen molar-refractivity contribution in [1.29, 1.82) is 0 Å². The molecule has 1 aliphatic rings. The Bertz CT molecular complexity index is 385. The smallest absolute Gasteiger partial charge is 0.128 e. The van der Waals surface area contributed by atoms with Gasteiger partial charge in [-0.1, -0.05) is 29.8 Å². The third-order valence-electron chi connectivity index (χ3n) is 2.82. The highest BCUT2D eigenvalue weighted by molar-refractivity contribution is 9.09. The maximum atomic E-state index is 13.6. The molecule has 2 rings (SSSR count). The number of alkyl halides is 1. The zero-order chi connectivity index (χ0) is 10.5. The number of rotatable bonds is 0. The maximum absolute atomic E-state index is 13.6. The molecule has 1 aromatic rings. The molecule has 0 radical (unpaired) electrons. The fraction of sp³-hybridized carbons (Fsp3) is 0.455. The summed E-state index contributed by atoms with van der Waals surface area (Å²) in [5.74, 6) is -0.609. The van der Waals surface area contributed by atoms with Crippen LogP contribution >= 0.6 is 15.9 Å². The zero-order valence-corrected chi connectivity index (χ0v) is 9.66. The maximum Gasteiger partial charge on any atom is 0.128 e. The van der Waals surface area contributed by atoms with Crippen LogP contribution in [0.15, 0.2) is 12.1 Å². The fourth-order valence-corrected chi connectivity index (χ4v) is 3.47. The predicted molar refractivity (Wildman–Crippen MR) is 55.7 cm³/mol. The van der Waals surface area contributed by atoms with Gasteiger partial charge in [-0.3, -0.25) is 0 Å². The number of fused-ring (bicyclic) bond motifs is 1. The summed E-state index contributed by atoms with van der Waals surface area (Å²) in [6.45, 7) is 3.88. The summed E-state index contributed by atoms with van der Waals surface area (Å²) in [6.07, 6.45) is 0.736. The van der Waals surface area contributed by atoms with Crippen molar-refractivity contribution in [3.05, 3.63) is 34.9 Å². The van der Waals surface area contributed by atoms with Gasteiger partial charge in [0.1, 0.15) is 11.6 Å². The molecule has 0 nitrogen and oxygen atoms in total. The minimum atomic E-state index is -0.311. The summed E-state index contributed by atoms with van der Waals surface area (Å²) < 4.78 is 27.0. The average molecular weight is 261 g/mol. The molecule has 0 N–H and O–H groups in total. The van der Waals surface area contributed by atoms with E-state index in [2.05, 4.69) is 15.9 Å². The van der Waals surface area contributed by atoms with E-state index in [-0.39, 0.29) is 21.9 Å². The van der Waals surface area contributed by atoms with E-state index in [0.717, 1.165) is 6.42 Å². The summed E-state index contributed by atoms with van der Waals surface area (Å²) in [4.78, 5) is -0.0665. The lowest BCUT2D eigenvalue weighted by atomic mass is 9.86. The van der Waals surface area contributed by atoms with Gasteiger partial charge in [0, 0.05) is 16.0 Å². The van der Waals surface area contributed by atoms with E-state index in [1.54, 1.807) is 0 Å². The molecule has 1 aromatic carbocycles. The van der Waals surface area contributed by atoms with Crippen molar-refractivity contribution in [3.8, 4) is 0 Å². The number of hydrogen-bond donors (Lipinski definition) is 0. The monoisotopic (exact) mass is 260 g/mol. The summed E-state index contributed by atoms with van der Waals surface area (Å²) in [7, 11) is 0. The first kappa shape index (κ1) is 10.1. The Hall–Kier alpha value is -0.440. The van der Waals surface area contributed by atoms with Crippen LogP contribution in [0.4, 0.5) is 8.78 Å². The largest absolute Gasteiger partial charge is 0.207 e. The van der Waals surface area contributed by atoms with E-state index in [1.165, 1.54) is 12.1 Å². The van der Waals surface area contributed by atoms with Crippen LogP contribution in [0.3, 0.4) is 0 Å². The van der Waals surface area contributed by atoms with E-state index in [9.17, 15) is 8.78 Å². The first-order chi connectivity index (χ1) is 6.43. The van der Waals surface area contributed by atoms with Crippen molar-refractivity contribution in [1.82, 2.24) is 0 Å². The molecular formula is C11H11BrF2. The summed E-state index contributed by atoms with van der Waals surface area (Å²) in [5.41, 5.74) is 0.741. The van der Waals surface area contributed by atoms with Gasteiger partial charge in [0.25, 0.3) is 0 Å². The highest BCUT2D eigenvalue weighted by atomic mass is 79.9. The molecule has 0 aliphatic heterocycles. The standard InChI is InChI=1S/C11H11BrF2/c1-11(2)5-6(12)9-7(13)3-4-8(14)10(9)11/h3-4,6H,5H2,1-2H3. The molecule has 0 saturated carbocycles. The molecule has 14 heavy (non-hydrogen) atoms. The van der Waals surface area contributed by atoms with Gasteiger partial charge in [0.15, 0.2) is 0 Å². The second-order valence-corrected chi connectivity index (χ2v) is 5.48. The minimum Gasteiger partial charge on any atom is -0.207 e. The molecule has 0 saturated heterocycles. The highest BCUT2D eigenvalue weighted by Crippen LogP contribution is 2.50. The Morgan fingerprint density at radius 3 is 2.43 bits per heavy atom. The number of hydrogen-bond acceptors (Lipinski definition) is 0. The molecule has 1 aliphatic carbocycles. The van der Waals surface area contributed by atoms with E-state index in [0.29, 0.717) is 11.1 Å². The lowest BCUT2D eigenvalue weighted by molar-refractivity contribution is 0.486. The van der Waals surface area contributed by atoms with Gasteiger partial charge in [-0.05, 0) is 24.0 Å². The lowest BCUT2D eigenvalue weighted by Gasteiger charge is -2.19. The Balaban J connectivity index is 2.73. The van der Waals surface area contributed by atoms with Crippen LogP contribution in [0, 0.1) is 11.6 Å². The van der Waals surface area contributed by atoms with Crippen LogP contribution in [0.25, 0.3) is 0 Å². The zero-order valence-electron chi connectivity index (χ0n) is 8.07. The number of benzene rings is 1. The average Bonchev–Trinajstić information content (AvgIpc) is 2.30. The summed E-state index contributed by atoms with van der Waals surface area (Å²) >= 11 is 3.39. The van der Waals surface area contributed by atoms with Gasteiger partial charge in [0.2, 0.25) is 0 Å². The van der Waals surface area contributed by atoms with Crippen LogP contribution in [-0.2, 0) is 5.41 Å². The normalized spacial score (nSPS) is 23.6. The molecule has 3 heteroatoms. The van der Waals surface area contributed by atoms with Gasteiger partial charge >= 0.3 is 0 Å². The van der Waals surface area contributed by atoms with Gasteiger partial charge in [0.05, 0.1) is 0 Å². The third kappa shape index (κ3) is 1.29. The van der Waals surface area contributed by atoms with E-state index >= 15 is 0 Å². The van der Waals surface area contributed by atoms with Crippen molar-refractivity contribution in [2.75, 3.05) is 0 Å². The molecule has 0 aromatic heterocycles. The first-order valence-electron chi connectivity index (χ1n) is 4.56. The van der Waals surface area contributed by atoms with Crippen LogP contribution in [0.1, 0.15) is 36.2 Å². The van der Waals surface area contributed by atoms with E-state index in [1.807, 2.05) is 13.8 Å². The molecular weight excluding hydrogens is 250 g/mol. The second-order valence-electron chi connectivity index (χ2n) is 4.37. The SMILES string of the molecule is CC1(C)CC(Br)c2c(F)ccc(F)c21. The molecule has 0 fully saturated rings. The first-order valence-corrected chi connectivity index (χ1v) is 5.47. The Labute approximate surface area is 90.4 Å². The van der Waals surface area contributed by atoms with Crippen LogP contribution < -0.4 is 0 Å². The van der Waals surface area contributed by atoms with Gasteiger partial charge < -0.3 is 0 Å². The van der Waals surface area contributed by atoms with Crippen molar-refractivity contribution >= 4 is 15.9 Å². The van der Waals surface area contributed by atoms with Gasteiger partial charge in [-0.25, -0.2) is 8.78 Å². The molecule has 0 amide bonds. The quantitative estimate of drug-likeness (QED) is 0.617. The highest BCUT2D eigenvalue weighted by Gasteiger charge is 2.39.